The van der Waals surface area contributed by atoms with Crippen LogP contribution in [-0.2, 0) is 43.7 Å². The van der Waals surface area contributed by atoms with Gasteiger partial charge in [0.05, 0.1) is 0 Å². The van der Waals surface area contributed by atoms with Crippen molar-refractivity contribution < 1.29 is 53.9 Å². The fourth-order valence-corrected chi connectivity index (χ4v) is 5.28. The van der Waals surface area contributed by atoms with Gasteiger partial charge in [0.25, 0.3) is 0 Å². The standard InChI is InChI=1S/2C18H36O2.Cu.Mn/c2*1-2-3-4-5-6-7-8-9-10-11-12-13-14-15-16-17-18(19)20;;/h2*2-17H2,1H3,(H,19,20);;/q;;2*+2/p-2. The molecule has 0 aromatic heterocycles. The van der Waals surface area contributed by atoms with Crippen LogP contribution >= 0.6 is 0 Å². The summed E-state index contributed by atoms with van der Waals surface area (Å²) in [5.41, 5.74) is 0. The van der Waals surface area contributed by atoms with Crippen molar-refractivity contribution >= 4 is 11.9 Å². The molecule has 0 heterocycles. The summed E-state index contributed by atoms with van der Waals surface area (Å²) in [6.07, 6.45) is 39.7. The zero-order valence-corrected chi connectivity index (χ0v) is 30.1. The number of carboxylic acids is 2. The van der Waals surface area contributed by atoms with Crippen molar-refractivity contribution in [1.29, 1.82) is 0 Å². The molecular weight excluding hydrogens is 615 g/mol. The molecule has 0 aliphatic heterocycles. The quantitative estimate of drug-likeness (QED) is 0.0522. The minimum Gasteiger partial charge on any atom is -0.550 e. The van der Waals surface area contributed by atoms with Gasteiger partial charge >= 0.3 is 34.1 Å². The Bertz CT molecular complexity index is 461. The minimum absolute atomic E-state index is 0. The van der Waals surface area contributed by atoms with E-state index < -0.39 is 11.9 Å². The van der Waals surface area contributed by atoms with Crippen molar-refractivity contribution in [2.75, 3.05) is 0 Å². The second-order valence-electron chi connectivity index (χ2n) is 12.1. The van der Waals surface area contributed by atoms with Gasteiger partial charge in [-0.05, 0) is 25.7 Å². The van der Waals surface area contributed by atoms with Crippen LogP contribution in [0.1, 0.15) is 219 Å². The molecule has 42 heavy (non-hydrogen) atoms. The van der Waals surface area contributed by atoms with Crippen LogP contribution in [0.3, 0.4) is 0 Å². The molecule has 0 aliphatic carbocycles. The van der Waals surface area contributed by atoms with Crippen LogP contribution in [-0.4, -0.2) is 11.9 Å². The number of rotatable bonds is 32. The predicted octanol–water partition coefficient (Wildman–Crippen LogP) is 9.99. The first-order valence-corrected chi connectivity index (χ1v) is 17.9. The molecule has 4 nitrogen and oxygen atoms in total. The first kappa shape index (κ1) is 48.9. The summed E-state index contributed by atoms with van der Waals surface area (Å²) in [6, 6.07) is 0. The molecule has 0 saturated heterocycles. The van der Waals surface area contributed by atoms with Crippen molar-refractivity contribution in [2.24, 2.45) is 0 Å². The Balaban J connectivity index is -0.000000328. The summed E-state index contributed by atoms with van der Waals surface area (Å²) in [5.74, 6) is -1.81. The largest absolute Gasteiger partial charge is 2.00 e. The normalized spacial score (nSPS) is 10.3. The summed E-state index contributed by atoms with van der Waals surface area (Å²) in [5, 5.41) is 20.4. The van der Waals surface area contributed by atoms with Gasteiger partial charge in [-0.25, -0.2) is 0 Å². The van der Waals surface area contributed by atoms with Crippen LogP contribution in [0.2, 0.25) is 0 Å². The molecule has 0 aromatic rings. The van der Waals surface area contributed by atoms with Gasteiger partial charge in [0.2, 0.25) is 0 Å². The number of carbonyl (C=O) groups is 2. The first-order chi connectivity index (χ1) is 19.5. The Kier molecular flexibility index (Phi) is 52.8. The summed E-state index contributed by atoms with van der Waals surface area (Å²) in [6.45, 7) is 4.53. The van der Waals surface area contributed by atoms with E-state index in [4.69, 9.17) is 0 Å². The van der Waals surface area contributed by atoms with Gasteiger partial charge in [0.1, 0.15) is 0 Å². The van der Waals surface area contributed by atoms with Crippen LogP contribution in [0.4, 0.5) is 0 Å². The minimum atomic E-state index is -0.903. The van der Waals surface area contributed by atoms with E-state index in [1.54, 1.807) is 0 Å². The summed E-state index contributed by atoms with van der Waals surface area (Å²) >= 11 is 0. The molecular formula is C36H70CuMnO4+2. The van der Waals surface area contributed by atoms with E-state index in [0.29, 0.717) is 0 Å². The Morgan fingerprint density at radius 1 is 0.333 bits per heavy atom. The van der Waals surface area contributed by atoms with Crippen LogP contribution < -0.4 is 10.2 Å². The van der Waals surface area contributed by atoms with Crippen molar-refractivity contribution in [3.63, 3.8) is 0 Å². The molecule has 0 N–H and O–H groups in total. The third kappa shape index (κ3) is 52.6. The van der Waals surface area contributed by atoms with E-state index in [-0.39, 0.29) is 47.0 Å². The van der Waals surface area contributed by atoms with Gasteiger partial charge in [-0.2, -0.15) is 0 Å². The predicted molar refractivity (Wildman–Crippen MR) is 169 cm³/mol. The third-order valence-corrected chi connectivity index (χ3v) is 7.97. The molecule has 6 heteroatoms. The number of unbranched alkanes of at least 4 members (excludes halogenated alkanes) is 28. The number of hydrogen-bond acceptors (Lipinski definition) is 4. The van der Waals surface area contributed by atoms with Crippen molar-refractivity contribution in [1.82, 2.24) is 0 Å². The van der Waals surface area contributed by atoms with E-state index in [1.807, 2.05) is 0 Å². The molecule has 254 valence electrons. The van der Waals surface area contributed by atoms with Gasteiger partial charge in [0, 0.05) is 11.9 Å². The molecule has 2 radical (unpaired) electrons. The third-order valence-electron chi connectivity index (χ3n) is 7.97. The zero-order valence-electron chi connectivity index (χ0n) is 27.9. The fourth-order valence-electron chi connectivity index (χ4n) is 5.28. The average molecular weight is 685 g/mol. The van der Waals surface area contributed by atoms with Crippen LogP contribution in [0.25, 0.3) is 0 Å². The summed E-state index contributed by atoms with van der Waals surface area (Å²) in [4.78, 5) is 20.4. The second-order valence-corrected chi connectivity index (χ2v) is 12.1. The second kappa shape index (κ2) is 45.4. The molecule has 0 unspecified atom stereocenters. The number of aliphatic carboxylic acids is 2. The summed E-state index contributed by atoms with van der Waals surface area (Å²) < 4.78 is 0. The van der Waals surface area contributed by atoms with Gasteiger partial charge in [-0.15, -0.1) is 0 Å². The van der Waals surface area contributed by atoms with Crippen LogP contribution in [0.5, 0.6) is 0 Å². The van der Waals surface area contributed by atoms with Gasteiger partial charge in [-0.1, -0.05) is 194 Å². The molecule has 0 rings (SSSR count). The molecule has 0 fully saturated rings. The SMILES string of the molecule is CCCCCCCCCCCCCCCCCC(=O)[O-].CCCCCCCCCCCCCCCCCC(=O)[O-].[Cu+2].[Mn+2]. The fraction of sp³-hybridized carbons (Fsp3) is 0.944. The molecule has 0 bridgehead atoms. The van der Waals surface area contributed by atoms with Gasteiger partial charge < -0.3 is 19.8 Å². The topological polar surface area (TPSA) is 80.3 Å². The van der Waals surface area contributed by atoms with E-state index in [2.05, 4.69) is 13.8 Å². The smallest absolute Gasteiger partial charge is 0.550 e. The van der Waals surface area contributed by atoms with Crippen molar-refractivity contribution in [3.05, 3.63) is 0 Å². The maximum absolute atomic E-state index is 10.2. The Hall–Kier alpha value is -0.0210. The zero-order chi connectivity index (χ0) is 29.8. The maximum atomic E-state index is 10.2. The van der Waals surface area contributed by atoms with E-state index in [1.165, 1.54) is 167 Å². The number of hydrogen-bond donors (Lipinski definition) is 0. The molecule has 0 aliphatic rings. The molecule has 0 saturated carbocycles. The molecule has 0 aromatic carbocycles. The average Bonchev–Trinajstić information content (AvgIpc) is 2.93. The Labute approximate surface area is 284 Å². The van der Waals surface area contributed by atoms with E-state index >= 15 is 0 Å². The number of carboxylic acid groups (broad SMARTS) is 2. The monoisotopic (exact) mass is 684 g/mol. The maximum Gasteiger partial charge on any atom is 2.00 e. The first-order valence-electron chi connectivity index (χ1n) is 17.9. The molecule has 0 atom stereocenters. The van der Waals surface area contributed by atoms with Crippen molar-refractivity contribution in [3.8, 4) is 0 Å². The van der Waals surface area contributed by atoms with E-state index in [9.17, 15) is 19.8 Å². The Morgan fingerprint density at radius 2 is 0.476 bits per heavy atom. The number of carbonyl (C=O) groups excluding carboxylic acids is 2. The van der Waals surface area contributed by atoms with Crippen LogP contribution in [0, 0.1) is 0 Å². The Morgan fingerprint density at radius 3 is 0.619 bits per heavy atom. The molecule has 0 spiro atoms. The molecule has 0 amide bonds. The van der Waals surface area contributed by atoms with Crippen molar-refractivity contribution in [2.45, 2.75) is 219 Å². The van der Waals surface area contributed by atoms with Gasteiger partial charge in [-0.3, -0.25) is 0 Å². The van der Waals surface area contributed by atoms with Gasteiger partial charge in [0.15, 0.2) is 0 Å². The summed E-state index contributed by atoms with van der Waals surface area (Å²) in [7, 11) is 0. The van der Waals surface area contributed by atoms with E-state index in [0.717, 1.165) is 25.7 Å². The van der Waals surface area contributed by atoms with Crippen LogP contribution in [0.15, 0.2) is 0 Å².